The standard InChI is InChI=1S/C66H65N3/c1-63(2)52-27-17-15-25-48(52)50-34-31-44(37-55(50)63)67(42-21-11-9-12-22-42)46-33-36-61-57(39-46)66(7,8)59-41-47(40-58-62(59)69(61)60-30-20-19-29-54(60)65(58,5)6)68(43-23-13-10-14-24-43)45-32-35-51-49-26-16-18-28-53(49)64(3,4)56(51)38-45/h9-32,35,37-38,40,46,50,59H,33-34,36,39,41H2,1-8H3. The summed E-state index contributed by atoms with van der Waals surface area (Å²) in [6, 6.07) is 57.7. The normalized spacial score (nSPS) is 23.5. The first-order chi connectivity index (χ1) is 33.3. The summed E-state index contributed by atoms with van der Waals surface area (Å²) in [7, 11) is 0. The van der Waals surface area contributed by atoms with Crippen LogP contribution in [0.3, 0.4) is 0 Å². The molecule has 6 aromatic rings. The van der Waals surface area contributed by atoms with Gasteiger partial charge >= 0.3 is 0 Å². The maximum atomic E-state index is 2.80. The van der Waals surface area contributed by atoms with E-state index >= 15 is 0 Å². The van der Waals surface area contributed by atoms with E-state index in [2.05, 4.69) is 240 Å². The number of nitrogens with zero attached hydrogens (tertiary/aromatic N) is 3. The van der Waals surface area contributed by atoms with E-state index in [-0.39, 0.29) is 27.6 Å². The molecule has 7 aliphatic rings. The number of allylic oxidation sites excluding steroid dienone is 8. The van der Waals surface area contributed by atoms with E-state index in [1.54, 1.807) is 11.1 Å². The van der Waals surface area contributed by atoms with Gasteiger partial charge in [-0.1, -0.05) is 176 Å². The van der Waals surface area contributed by atoms with Gasteiger partial charge in [-0.3, -0.25) is 0 Å². The first-order valence-corrected chi connectivity index (χ1v) is 25.8. The Bertz CT molecular complexity index is 3280. The predicted molar refractivity (Wildman–Crippen MR) is 288 cm³/mol. The third-order valence-electron chi connectivity index (χ3n) is 18.3. The fourth-order valence-corrected chi connectivity index (χ4v) is 14.6. The zero-order chi connectivity index (χ0) is 47.2. The maximum absolute atomic E-state index is 2.80. The van der Waals surface area contributed by atoms with Crippen LogP contribution < -0.4 is 14.7 Å². The highest BCUT2D eigenvalue weighted by atomic mass is 15.2. The van der Waals surface area contributed by atoms with Gasteiger partial charge in [-0.25, -0.2) is 0 Å². The van der Waals surface area contributed by atoms with Gasteiger partial charge < -0.3 is 14.7 Å². The molecule has 0 radical (unpaired) electrons. The number of anilines is 4. The van der Waals surface area contributed by atoms with Crippen molar-refractivity contribution in [3.05, 3.63) is 237 Å². The fourth-order valence-electron chi connectivity index (χ4n) is 14.6. The molecule has 3 heteroatoms. The SMILES string of the molecule is CC1(C)C2=CC(N(c3ccccc3)C3CCC4=C(C3)C(C)(C)C3CC(N(c5ccccc5)c5ccc6c(c5)C(C)(C)c5ccccc5-6)=CC5=C3N4c3ccccc3C5(C)C)=CCC2c2ccccc21. The molecule has 0 fully saturated rings. The molecule has 0 spiro atoms. The van der Waals surface area contributed by atoms with E-state index in [0.717, 1.165) is 32.1 Å². The maximum Gasteiger partial charge on any atom is 0.0496 e. The quantitative estimate of drug-likeness (QED) is 0.165. The van der Waals surface area contributed by atoms with Crippen molar-refractivity contribution in [2.45, 2.75) is 116 Å². The minimum atomic E-state index is -0.196. The summed E-state index contributed by atoms with van der Waals surface area (Å²) in [5.74, 6) is 0.709. The van der Waals surface area contributed by atoms with Gasteiger partial charge in [0.1, 0.15) is 0 Å². The van der Waals surface area contributed by atoms with Crippen LogP contribution in [0.25, 0.3) is 11.1 Å². The van der Waals surface area contributed by atoms with Crippen molar-refractivity contribution in [3.8, 4) is 11.1 Å². The van der Waals surface area contributed by atoms with Gasteiger partial charge in [-0.15, -0.1) is 0 Å². The second-order valence-electron chi connectivity index (χ2n) is 23.2. The lowest BCUT2D eigenvalue weighted by Crippen LogP contribution is -2.52. The summed E-state index contributed by atoms with van der Waals surface area (Å²) in [6.45, 7) is 19.9. The van der Waals surface area contributed by atoms with Gasteiger partial charge in [0.25, 0.3) is 0 Å². The van der Waals surface area contributed by atoms with Crippen LogP contribution in [0.1, 0.15) is 121 Å². The summed E-state index contributed by atoms with van der Waals surface area (Å²) in [5.41, 5.74) is 25.1. The molecular formula is C66H65N3. The van der Waals surface area contributed by atoms with Crippen molar-refractivity contribution in [2.75, 3.05) is 14.7 Å². The molecule has 2 heterocycles. The Labute approximate surface area is 410 Å². The van der Waals surface area contributed by atoms with Gasteiger partial charge in [0.05, 0.1) is 0 Å². The van der Waals surface area contributed by atoms with Crippen LogP contribution in [0.4, 0.5) is 22.7 Å². The van der Waals surface area contributed by atoms with E-state index in [0.29, 0.717) is 12.0 Å². The Hall–Kier alpha value is -6.58. The third-order valence-corrected chi connectivity index (χ3v) is 18.3. The highest BCUT2D eigenvalue weighted by Gasteiger charge is 2.54. The van der Waals surface area contributed by atoms with Crippen LogP contribution >= 0.6 is 0 Å². The lowest BCUT2D eigenvalue weighted by Gasteiger charge is -2.58. The molecule has 69 heavy (non-hydrogen) atoms. The van der Waals surface area contributed by atoms with Crippen molar-refractivity contribution in [1.82, 2.24) is 0 Å². The lowest BCUT2D eigenvalue weighted by molar-refractivity contribution is 0.249. The predicted octanol–water partition coefficient (Wildman–Crippen LogP) is 16.7. The van der Waals surface area contributed by atoms with E-state index in [1.807, 2.05) is 0 Å². The van der Waals surface area contributed by atoms with Crippen LogP contribution in [0.15, 0.2) is 209 Å². The van der Waals surface area contributed by atoms with E-state index in [1.165, 1.54) is 90.1 Å². The summed E-state index contributed by atoms with van der Waals surface area (Å²) < 4.78 is 0. The summed E-state index contributed by atoms with van der Waals surface area (Å²) in [6.07, 6.45) is 12.9. The van der Waals surface area contributed by atoms with E-state index < -0.39 is 0 Å². The van der Waals surface area contributed by atoms with Gasteiger partial charge in [-0.2, -0.15) is 0 Å². The Morgan fingerprint density at radius 3 is 1.97 bits per heavy atom. The fraction of sp³-hybridized carbons (Fsp3) is 0.303. The lowest BCUT2D eigenvalue weighted by atomic mass is 9.57. The molecule has 0 saturated carbocycles. The monoisotopic (exact) mass is 900 g/mol. The number of fused-ring (bicyclic) bond motifs is 9. The molecule has 0 N–H and O–H groups in total. The number of rotatable bonds is 6. The Morgan fingerprint density at radius 2 is 1.20 bits per heavy atom. The van der Waals surface area contributed by atoms with Gasteiger partial charge in [0, 0.05) is 79.7 Å². The molecule has 13 rings (SSSR count). The molecule has 2 aliphatic heterocycles. The Morgan fingerprint density at radius 1 is 0.551 bits per heavy atom. The first kappa shape index (κ1) is 42.5. The largest absolute Gasteiger partial charge is 0.338 e. The van der Waals surface area contributed by atoms with Crippen molar-refractivity contribution >= 4 is 22.7 Å². The molecule has 0 bridgehead atoms. The molecule has 0 aromatic heterocycles. The molecule has 344 valence electrons. The molecule has 0 amide bonds. The van der Waals surface area contributed by atoms with Crippen molar-refractivity contribution in [2.24, 2.45) is 11.3 Å². The second-order valence-corrected chi connectivity index (χ2v) is 23.2. The first-order valence-electron chi connectivity index (χ1n) is 25.8. The van der Waals surface area contributed by atoms with Crippen LogP contribution in [-0.2, 0) is 16.2 Å². The average molecular weight is 900 g/mol. The molecule has 3 unspecified atom stereocenters. The number of para-hydroxylation sites is 3. The highest BCUT2D eigenvalue weighted by molar-refractivity contribution is 5.85. The number of benzene rings is 6. The molecule has 6 aromatic carbocycles. The zero-order valence-electron chi connectivity index (χ0n) is 41.8. The van der Waals surface area contributed by atoms with Gasteiger partial charge in [-0.05, 0) is 142 Å². The Kier molecular flexibility index (Phi) is 9.22. The van der Waals surface area contributed by atoms with E-state index in [4.69, 9.17) is 0 Å². The van der Waals surface area contributed by atoms with Gasteiger partial charge in [0.15, 0.2) is 0 Å². The Balaban J connectivity index is 0.942. The van der Waals surface area contributed by atoms with Crippen molar-refractivity contribution in [1.29, 1.82) is 0 Å². The molecule has 5 aliphatic carbocycles. The van der Waals surface area contributed by atoms with Crippen LogP contribution in [-0.4, -0.2) is 6.04 Å². The smallest absolute Gasteiger partial charge is 0.0496 e. The molecular weight excluding hydrogens is 835 g/mol. The average Bonchev–Trinajstić information content (AvgIpc) is 3.73. The minimum absolute atomic E-state index is 0.00649. The summed E-state index contributed by atoms with van der Waals surface area (Å²) >= 11 is 0. The molecule has 3 atom stereocenters. The molecule has 3 nitrogen and oxygen atoms in total. The van der Waals surface area contributed by atoms with Crippen molar-refractivity contribution in [3.63, 3.8) is 0 Å². The minimum Gasteiger partial charge on any atom is -0.338 e. The highest BCUT2D eigenvalue weighted by Crippen LogP contribution is 2.63. The van der Waals surface area contributed by atoms with E-state index in [9.17, 15) is 0 Å². The number of hydrogen-bond donors (Lipinski definition) is 0. The number of hydrogen-bond acceptors (Lipinski definition) is 3. The van der Waals surface area contributed by atoms with Crippen LogP contribution in [0.5, 0.6) is 0 Å². The summed E-state index contributed by atoms with van der Waals surface area (Å²) in [5, 5.41) is 0. The van der Waals surface area contributed by atoms with Crippen LogP contribution in [0, 0.1) is 11.3 Å². The van der Waals surface area contributed by atoms with Gasteiger partial charge in [0.2, 0.25) is 0 Å². The second kappa shape index (κ2) is 15.0. The third kappa shape index (κ3) is 6.04. The summed E-state index contributed by atoms with van der Waals surface area (Å²) in [4.78, 5) is 8.16. The van der Waals surface area contributed by atoms with Crippen molar-refractivity contribution < 1.29 is 0 Å². The topological polar surface area (TPSA) is 9.72 Å². The molecule has 0 saturated heterocycles. The van der Waals surface area contributed by atoms with Crippen LogP contribution in [0.2, 0.25) is 0 Å². The zero-order valence-corrected chi connectivity index (χ0v) is 41.8.